The lowest BCUT2D eigenvalue weighted by Crippen LogP contribution is -2.50. The monoisotopic (exact) mass is 451 g/mol. The first-order valence-electron chi connectivity index (χ1n) is 9.78. The molecule has 1 aliphatic rings. The molecule has 1 aliphatic heterocycles. The number of anilines is 1. The molecule has 3 rings (SSSR count). The molecule has 0 bridgehead atoms. The van der Waals surface area contributed by atoms with Crippen molar-refractivity contribution >= 4 is 33.2 Å². The first-order valence-corrected chi connectivity index (χ1v) is 11.8. The van der Waals surface area contributed by atoms with Crippen LogP contribution in [0.15, 0.2) is 48.5 Å². The Hall–Kier alpha value is -2.29. The van der Waals surface area contributed by atoms with E-state index < -0.39 is 10.0 Å². The molecule has 162 valence electrons. The summed E-state index contributed by atoms with van der Waals surface area (Å²) in [5, 5.41) is 3.26. The number of ether oxygens (including phenoxy) is 1. The summed E-state index contributed by atoms with van der Waals surface area (Å²) >= 11 is 6.23. The SMILES string of the molecule is Cc1cccc(OCC(=O)NCCS(=O)(=O)N2CCN(c3ccccc3Cl)CC2)c1. The van der Waals surface area contributed by atoms with E-state index in [0.29, 0.717) is 37.0 Å². The highest BCUT2D eigenvalue weighted by Gasteiger charge is 2.27. The molecule has 0 atom stereocenters. The number of carbonyl (C=O) groups excluding carboxylic acids is 1. The highest BCUT2D eigenvalue weighted by Crippen LogP contribution is 2.26. The van der Waals surface area contributed by atoms with Crippen LogP contribution in [0.2, 0.25) is 5.02 Å². The van der Waals surface area contributed by atoms with Gasteiger partial charge in [-0.25, -0.2) is 8.42 Å². The lowest BCUT2D eigenvalue weighted by Gasteiger charge is -2.35. The number of sulfonamides is 1. The summed E-state index contributed by atoms with van der Waals surface area (Å²) in [6.07, 6.45) is 0. The van der Waals surface area contributed by atoms with Gasteiger partial charge in [0.05, 0.1) is 16.5 Å². The first kappa shape index (κ1) is 22.4. The highest BCUT2D eigenvalue weighted by atomic mass is 35.5. The lowest BCUT2D eigenvalue weighted by molar-refractivity contribution is -0.122. The van der Waals surface area contributed by atoms with Gasteiger partial charge in [0.1, 0.15) is 5.75 Å². The van der Waals surface area contributed by atoms with Gasteiger partial charge in [-0.1, -0.05) is 35.9 Å². The van der Waals surface area contributed by atoms with Crippen molar-refractivity contribution in [2.45, 2.75) is 6.92 Å². The third kappa shape index (κ3) is 6.10. The van der Waals surface area contributed by atoms with Crippen LogP contribution in [0.4, 0.5) is 5.69 Å². The fourth-order valence-electron chi connectivity index (χ4n) is 3.27. The van der Waals surface area contributed by atoms with Gasteiger partial charge in [0, 0.05) is 32.7 Å². The van der Waals surface area contributed by atoms with Crippen molar-refractivity contribution in [3.05, 3.63) is 59.1 Å². The van der Waals surface area contributed by atoms with Gasteiger partial charge in [-0.15, -0.1) is 0 Å². The predicted molar refractivity (Wildman–Crippen MR) is 119 cm³/mol. The number of nitrogens with one attached hydrogen (secondary N) is 1. The van der Waals surface area contributed by atoms with Crippen LogP contribution in [0.3, 0.4) is 0 Å². The van der Waals surface area contributed by atoms with Gasteiger partial charge < -0.3 is 15.0 Å². The van der Waals surface area contributed by atoms with Gasteiger partial charge in [0.2, 0.25) is 10.0 Å². The Morgan fingerprint density at radius 3 is 2.53 bits per heavy atom. The molecule has 0 unspecified atom stereocenters. The smallest absolute Gasteiger partial charge is 0.257 e. The minimum atomic E-state index is -3.45. The Kier molecular flexibility index (Phi) is 7.58. The third-order valence-electron chi connectivity index (χ3n) is 4.87. The quantitative estimate of drug-likeness (QED) is 0.666. The average molecular weight is 452 g/mol. The van der Waals surface area contributed by atoms with E-state index in [1.165, 1.54) is 4.31 Å². The number of benzene rings is 2. The van der Waals surface area contributed by atoms with Gasteiger partial charge >= 0.3 is 0 Å². The van der Waals surface area contributed by atoms with Crippen LogP contribution in [-0.4, -0.2) is 63.7 Å². The number of rotatable bonds is 8. The summed E-state index contributed by atoms with van der Waals surface area (Å²) in [4.78, 5) is 14.0. The molecule has 9 heteroatoms. The molecule has 1 N–H and O–H groups in total. The summed E-state index contributed by atoms with van der Waals surface area (Å²) in [5.74, 6) is 0.111. The minimum Gasteiger partial charge on any atom is -0.484 e. The molecule has 30 heavy (non-hydrogen) atoms. The van der Waals surface area contributed by atoms with Crippen molar-refractivity contribution in [2.75, 3.05) is 50.0 Å². The molecule has 1 amide bonds. The zero-order valence-electron chi connectivity index (χ0n) is 16.9. The molecule has 0 spiro atoms. The molecule has 0 saturated carbocycles. The first-order chi connectivity index (χ1) is 14.3. The minimum absolute atomic E-state index is 0.0447. The standard InChI is InChI=1S/C21H26ClN3O4S/c1-17-5-4-6-18(15-17)29-16-21(26)23-9-14-30(27,28)25-12-10-24(11-13-25)20-8-3-2-7-19(20)22/h2-8,15H,9-14,16H2,1H3,(H,23,26). The number of hydrogen-bond donors (Lipinski definition) is 1. The van der Waals surface area contributed by atoms with E-state index in [0.717, 1.165) is 11.3 Å². The maximum absolute atomic E-state index is 12.6. The molecular weight excluding hydrogens is 426 g/mol. The summed E-state index contributed by atoms with van der Waals surface area (Å²) in [7, 11) is -3.45. The van der Waals surface area contributed by atoms with Crippen LogP contribution >= 0.6 is 11.6 Å². The Balaban J connectivity index is 1.41. The number of para-hydroxylation sites is 1. The topological polar surface area (TPSA) is 78.9 Å². The lowest BCUT2D eigenvalue weighted by atomic mass is 10.2. The van der Waals surface area contributed by atoms with Gasteiger partial charge in [0.15, 0.2) is 6.61 Å². The van der Waals surface area contributed by atoms with Gasteiger partial charge in [-0.2, -0.15) is 4.31 Å². The van der Waals surface area contributed by atoms with Crippen molar-refractivity contribution in [1.29, 1.82) is 0 Å². The molecular formula is C21H26ClN3O4S. The van der Waals surface area contributed by atoms with Crippen LogP contribution < -0.4 is 15.0 Å². The summed E-state index contributed by atoms with van der Waals surface area (Å²) in [5.41, 5.74) is 1.95. The fraction of sp³-hybridized carbons (Fsp3) is 0.381. The predicted octanol–water partition coefficient (Wildman–Crippen LogP) is 2.30. The number of piperazine rings is 1. The molecule has 0 aliphatic carbocycles. The normalized spacial score (nSPS) is 15.1. The van der Waals surface area contributed by atoms with Crippen molar-refractivity contribution < 1.29 is 17.9 Å². The fourth-order valence-corrected chi connectivity index (χ4v) is 4.86. The Morgan fingerprint density at radius 2 is 1.83 bits per heavy atom. The number of amides is 1. The number of aryl methyl sites for hydroxylation is 1. The van der Waals surface area contributed by atoms with Gasteiger partial charge in [-0.3, -0.25) is 4.79 Å². The largest absolute Gasteiger partial charge is 0.484 e. The highest BCUT2D eigenvalue weighted by molar-refractivity contribution is 7.89. The molecule has 1 heterocycles. The van der Waals surface area contributed by atoms with Crippen LogP contribution in [0.5, 0.6) is 5.75 Å². The molecule has 2 aromatic rings. The summed E-state index contributed by atoms with van der Waals surface area (Å²) < 4.78 is 32.1. The molecule has 2 aromatic carbocycles. The Labute approximate surface area is 182 Å². The second-order valence-electron chi connectivity index (χ2n) is 7.11. The second-order valence-corrected chi connectivity index (χ2v) is 9.60. The van der Waals surface area contributed by atoms with Crippen LogP contribution in [0, 0.1) is 6.92 Å². The van der Waals surface area contributed by atoms with Crippen LogP contribution in [-0.2, 0) is 14.8 Å². The third-order valence-corrected chi connectivity index (χ3v) is 7.06. The van der Waals surface area contributed by atoms with E-state index in [4.69, 9.17) is 16.3 Å². The Bertz CT molecular complexity index is 976. The van der Waals surface area contributed by atoms with Crippen molar-refractivity contribution in [3.63, 3.8) is 0 Å². The zero-order valence-corrected chi connectivity index (χ0v) is 18.5. The van der Waals surface area contributed by atoms with E-state index in [1.807, 2.05) is 49.4 Å². The van der Waals surface area contributed by atoms with Crippen LogP contribution in [0.1, 0.15) is 5.56 Å². The van der Waals surface area contributed by atoms with E-state index in [2.05, 4.69) is 10.2 Å². The maximum Gasteiger partial charge on any atom is 0.257 e. The van der Waals surface area contributed by atoms with Gasteiger partial charge in [-0.05, 0) is 36.8 Å². The zero-order chi connectivity index (χ0) is 21.6. The molecule has 0 aromatic heterocycles. The van der Waals surface area contributed by atoms with E-state index in [-0.39, 0.29) is 24.8 Å². The average Bonchev–Trinajstić information content (AvgIpc) is 2.73. The van der Waals surface area contributed by atoms with Crippen LogP contribution in [0.25, 0.3) is 0 Å². The maximum atomic E-state index is 12.6. The molecule has 0 radical (unpaired) electrons. The van der Waals surface area contributed by atoms with Crippen molar-refractivity contribution in [3.8, 4) is 5.75 Å². The molecule has 7 nitrogen and oxygen atoms in total. The Morgan fingerprint density at radius 1 is 1.10 bits per heavy atom. The number of nitrogens with zero attached hydrogens (tertiary/aromatic N) is 2. The number of carbonyl (C=O) groups is 1. The van der Waals surface area contributed by atoms with Gasteiger partial charge in [0.25, 0.3) is 5.91 Å². The van der Waals surface area contributed by atoms with E-state index in [1.54, 1.807) is 6.07 Å². The number of hydrogen-bond acceptors (Lipinski definition) is 5. The second kappa shape index (κ2) is 10.1. The van der Waals surface area contributed by atoms with Crippen molar-refractivity contribution in [2.24, 2.45) is 0 Å². The summed E-state index contributed by atoms with van der Waals surface area (Å²) in [6, 6.07) is 14.9. The number of halogens is 1. The van der Waals surface area contributed by atoms with E-state index >= 15 is 0 Å². The molecule has 1 fully saturated rings. The summed E-state index contributed by atoms with van der Waals surface area (Å²) in [6.45, 7) is 3.74. The molecule has 1 saturated heterocycles. The van der Waals surface area contributed by atoms with Crippen molar-refractivity contribution in [1.82, 2.24) is 9.62 Å². The van der Waals surface area contributed by atoms with E-state index in [9.17, 15) is 13.2 Å².